The van der Waals surface area contributed by atoms with Crippen LogP contribution < -0.4 is 9.64 Å². The highest BCUT2D eigenvalue weighted by atomic mass is 32.2. The highest BCUT2D eigenvalue weighted by molar-refractivity contribution is 8.18. The summed E-state index contributed by atoms with van der Waals surface area (Å²) in [6.45, 7) is 8.25. The predicted octanol–water partition coefficient (Wildman–Crippen LogP) is 4.19. The quantitative estimate of drug-likeness (QED) is 0.712. The number of aryl methyl sites for hydroxylation is 1. The van der Waals surface area contributed by atoms with Crippen molar-refractivity contribution in [1.29, 1.82) is 0 Å². The van der Waals surface area contributed by atoms with Gasteiger partial charge in [-0.15, -0.1) is 0 Å². The number of thioether (sulfide) groups is 1. The van der Waals surface area contributed by atoms with Crippen LogP contribution in [0, 0.1) is 6.92 Å². The zero-order chi connectivity index (χ0) is 20.2. The maximum atomic E-state index is 12.5. The number of para-hydroxylation sites is 2. The number of benzene rings is 2. The molecule has 2 heterocycles. The van der Waals surface area contributed by atoms with Gasteiger partial charge in [-0.25, -0.2) is 0 Å². The van der Waals surface area contributed by atoms with Crippen LogP contribution >= 0.6 is 11.8 Å². The molecule has 1 saturated heterocycles. The monoisotopic (exact) mass is 407 g/mol. The van der Waals surface area contributed by atoms with Crippen LogP contribution in [0.3, 0.4) is 0 Å². The molecule has 0 bridgehead atoms. The average molecular weight is 408 g/mol. The van der Waals surface area contributed by atoms with Crippen LogP contribution in [0.1, 0.15) is 18.1 Å². The van der Waals surface area contributed by atoms with Crippen molar-refractivity contribution in [3.63, 3.8) is 0 Å². The van der Waals surface area contributed by atoms with E-state index in [9.17, 15) is 4.79 Å². The predicted molar refractivity (Wildman–Crippen MR) is 121 cm³/mol. The van der Waals surface area contributed by atoms with E-state index < -0.39 is 0 Å². The summed E-state index contributed by atoms with van der Waals surface area (Å²) in [5.74, 6) is 0.619. The summed E-state index contributed by atoms with van der Waals surface area (Å²) in [5, 5.41) is 0.805. The fourth-order valence-corrected chi connectivity index (χ4v) is 4.57. The lowest BCUT2D eigenvalue weighted by atomic mass is 10.1. The van der Waals surface area contributed by atoms with Crippen LogP contribution in [0.4, 0.5) is 5.69 Å². The van der Waals surface area contributed by atoms with Gasteiger partial charge in [0.2, 0.25) is 0 Å². The van der Waals surface area contributed by atoms with Crippen LogP contribution in [0.15, 0.2) is 58.4 Å². The standard InChI is InChI=1S/C23H25N3O2S/c1-3-28-20-11-7-5-9-18(20)16-21-22(27)24-23(29-21)26-14-12-25(13-15-26)19-10-6-4-8-17(19)2/h4-11,16H,3,12-15H2,1-2H3/b21-16-. The second kappa shape index (κ2) is 8.74. The van der Waals surface area contributed by atoms with Gasteiger partial charge >= 0.3 is 0 Å². The number of amides is 1. The van der Waals surface area contributed by atoms with E-state index in [0.29, 0.717) is 11.5 Å². The highest BCUT2D eigenvalue weighted by Crippen LogP contribution is 2.33. The molecule has 2 aliphatic heterocycles. The highest BCUT2D eigenvalue weighted by Gasteiger charge is 2.29. The number of aliphatic imine (C=N–C) groups is 1. The summed E-state index contributed by atoms with van der Waals surface area (Å²) in [6, 6.07) is 16.3. The molecule has 0 N–H and O–H groups in total. The van der Waals surface area contributed by atoms with Crippen molar-refractivity contribution in [2.75, 3.05) is 37.7 Å². The second-order valence-electron chi connectivity index (χ2n) is 7.04. The van der Waals surface area contributed by atoms with Gasteiger partial charge in [0.1, 0.15) is 5.75 Å². The average Bonchev–Trinajstić information content (AvgIpc) is 3.10. The Kier molecular flexibility index (Phi) is 5.90. The van der Waals surface area contributed by atoms with Gasteiger partial charge in [-0.1, -0.05) is 36.4 Å². The van der Waals surface area contributed by atoms with E-state index in [1.807, 2.05) is 37.3 Å². The van der Waals surface area contributed by atoms with E-state index in [2.05, 4.69) is 46.0 Å². The molecule has 0 atom stereocenters. The fourth-order valence-electron chi connectivity index (χ4n) is 3.62. The van der Waals surface area contributed by atoms with Gasteiger partial charge in [-0.3, -0.25) is 4.79 Å². The summed E-state index contributed by atoms with van der Waals surface area (Å²) in [6.07, 6.45) is 1.89. The molecule has 0 saturated carbocycles. The molecule has 150 valence electrons. The molecule has 1 amide bonds. The third-order valence-electron chi connectivity index (χ3n) is 5.12. The van der Waals surface area contributed by atoms with E-state index in [1.165, 1.54) is 23.0 Å². The zero-order valence-corrected chi connectivity index (χ0v) is 17.6. The lowest BCUT2D eigenvalue weighted by molar-refractivity contribution is -0.113. The number of nitrogens with zero attached hydrogens (tertiary/aromatic N) is 3. The maximum absolute atomic E-state index is 12.5. The third-order valence-corrected chi connectivity index (χ3v) is 6.17. The van der Waals surface area contributed by atoms with Crippen molar-refractivity contribution >= 4 is 34.6 Å². The summed E-state index contributed by atoms with van der Waals surface area (Å²) in [5.41, 5.74) is 3.49. The maximum Gasteiger partial charge on any atom is 0.286 e. The number of anilines is 1. The van der Waals surface area contributed by atoms with E-state index >= 15 is 0 Å². The van der Waals surface area contributed by atoms with Crippen LogP contribution in [-0.4, -0.2) is 48.8 Å². The molecular weight excluding hydrogens is 382 g/mol. The van der Waals surface area contributed by atoms with Crippen molar-refractivity contribution < 1.29 is 9.53 Å². The Labute approximate surface area is 176 Å². The molecule has 2 aromatic carbocycles. The minimum absolute atomic E-state index is 0.169. The molecule has 0 unspecified atom stereocenters. The molecule has 5 nitrogen and oxygen atoms in total. The van der Waals surface area contributed by atoms with Gasteiger partial charge in [-0.2, -0.15) is 4.99 Å². The first-order valence-corrected chi connectivity index (χ1v) is 10.8. The van der Waals surface area contributed by atoms with E-state index in [4.69, 9.17) is 4.74 Å². The van der Waals surface area contributed by atoms with Gasteiger partial charge in [0.25, 0.3) is 5.91 Å². The minimum atomic E-state index is -0.169. The topological polar surface area (TPSA) is 45.1 Å². The van der Waals surface area contributed by atoms with E-state index in [-0.39, 0.29) is 5.91 Å². The van der Waals surface area contributed by atoms with Crippen LogP contribution in [0.2, 0.25) is 0 Å². The molecule has 2 aliphatic rings. The van der Waals surface area contributed by atoms with Gasteiger partial charge < -0.3 is 14.5 Å². The van der Waals surface area contributed by atoms with Crippen molar-refractivity contribution in [2.45, 2.75) is 13.8 Å². The fraction of sp³-hybridized carbons (Fsp3) is 0.304. The summed E-state index contributed by atoms with van der Waals surface area (Å²) in [7, 11) is 0. The largest absolute Gasteiger partial charge is 0.493 e. The number of piperazine rings is 1. The molecular formula is C23H25N3O2S. The first-order chi connectivity index (χ1) is 14.2. The Bertz CT molecular complexity index is 962. The van der Waals surface area contributed by atoms with Crippen LogP contribution in [0.5, 0.6) is 5.75 Å². The summed E-state index contributed by atoms with van der Waals surface area (Å²) < 4.78 is 5.67. The number of ether oxygens (including phenoxy) is 1. The molecule has 0 radical (unpaired) electrons. The number of hydrogen-bond donors (Lipinski definition) is 0. The molecule has 2 aromatic rings. The Balaban J connectivity index is 1.43. The van der Waals surface area contributed by atoms with Crippen molar-refractivity contribution in [2.24, 2.45) is 4.99 Å². The lowest BCUT2D eigenvalue weighted by Gasteiger charge is -2.37. The Morgan fingerprint density at radius 3 is 2.48 bits per heavy atom. The second-order valence-corrected chi connectivity index (χ2v) is 8.05. The Morgan fingerprint density at radius 1 is 1.03 bits per heavy atom. The molecule has 1 fully saturated rings. The molecule has 29 heavy (non-hydrogen) atoms. The zero-order valence-electron chi connectivity index (χ0n) is 16.8. The summed E-state index contributed by atoms with van der Waals surface area (Å²) in [4.78, 5) is 22.1. The molecule has 6 heteroatoms. The Hall–Kier alpha value is -2.73. The van der Waals surface area contributed by atoms with E-state index in [0.717, 1.165) is 42.7 Å². The lowest BCUT2D eigenvalue weighted by Crippen LogP contribution is -2.48. The minimum Gasteiger partial charge on any atom is -0.493 e. The molecule has 0 aliphatic carbocycles. The molecule has 0 aromatic heterocycles. The first kappa shape index (κ1) is 19.6. The number of amidine groups is 1. The normalized spacial score (nSPS) is 18.3. The third kappa shape index (κ3) is 4.32. The van der Waals surface area contributed by atoms with Crippen LogP contribution in [0.25, 0.3) is 6.08 Å². The first-order valence-electron chi connectivity index (χ1n) is 9.95. The van der Waals surface area contributed by atoms with E-state index in [1.54, 1.807) is 0 Å². The van der Waals surface area contributed by atoms with Gasteiger partial charge in [0.05, 0.1) is 11.5 Å². The van der Waals surface area contributed by atoms with Gasteiger partial charge in [0, 0.05) is 37.4 Å². The van der Waals surface area contributed by atoms with Crippen LogP contribution in [-0.2, 0) is 4.79 Å². The van der Waals surface area contributed by atoms with Crippen molar-refractivity contribution in [3.8, 4) is 5.75 Å². The molecule has 4 rings (SSSR count). The smallest absolute Gasteiger partial charge is 0.286 e. The number of hydrogen-bond acceptors (Lipinski definition) is 5. The Morgan fingerprint density at radius 2 is 1.72 bits per heavy atom. The SMILES string of the molecule is CCOc1ccccc1/C=C1\SC(N2CCN(c3ccccc3C)CC2)=NC1=O. The van der Waals surface area contributed by atoms with Gasteiger partial charge in [-0.05, 0) is 49.4 Å². The molecule has 0 spiro atoms. The summed E-state index contributed by atoms with van der Waals surface area (Å²) >= 11 is 1.46. The van der Waals surface area contributed by atoms with Crippen molar-refractivity contribution in [3.05, 3.63) is 64.6 Å². The number of carbonyl (C=O) groups excluding carboxylic acids is 1. The van der Waals surface area contributed by atoms with Gasteiger partial charge in [0.15, 0.2) is 5.17 Å². The number of rotatable bonds is 4. The number of carbonyl (C=O) groups is 1. The van der Waals surface area contributed by atoms with Crippen molar-refractivity contribution in [1.82, 2.24) is 4.90 Å².